The Morgan fingerprint density at radius 3 is 2.52 bits per heavy atom. The van der Waals surface area contributed by atoms with Crippen LogP contribution in [0.4, 0.5) is 0 Å². The first-order valence-electron chi connectivity index (χ1n) is 8.50. The molecule has 0 N–H and O–H groups in total. The van der Waals surface area contributed by atoms with E-state index in [1.807, 2.05) is 30.3 Å². The second-order valence-corrected chi connectivity index (χ2v) is 9.64. The summed E-state index contributed by atoms with van der Waals surface area (Å²) in [6.07, 6.45) is 0. The Kier molecular flexibility index (Phi) is 6.70. The summed E-state index contributed by atoms with van der Waals surface area (Å²) >= 11 is 10.8. The molecule has 0 spiro atoms. The third kappa shape index (κ3) is 5.51. The Morgan fingerprint density at radius 2 is 1.79 bits per heavy atom. The van der Waals surface area contributed by atoms with Crippen molar-refractivity contribution < 1.29 is 9.26 Å². The predicted octanol–water partition coefficient (Wildman–Crippen LogP) is 5.83. The van der Waals surface area contributed by atoms with Gasteiger partial charge in [-0.3, -0.25) is 0 Å². The number of rotatable bonds is 8. The molecule has 4 rings (SSSR count). The molecule has 2 aromatic carbocycles. The molecule has 0 bridgehead atoms. The van der Waals surface area contributed by atoms with E-state index in [0.29, 0.717) is 22.5 Å². The molecule has 6 nitrogen and oxygen atoms in total. The van der Waals surface area contributed by atoms with E-state index >= 15 is 0 Å². The van der Waals surface area contributed by atoms with E-state index in [1.54, 1.807) is 36.3 Å². The number of methoxy groups -OCH3 is 1. The zero-order valence-electron chi connectivity index (χ0n) is 15.2. The highest BCUT2D eigenvalue weighted by Gasteiger charge is 2.12. The maximum atomic E-state index is 6.01. The second-order valence-electron chi connectivity index (χ2n) is 5.78. The van der Waals surface area contributed by atoms with Crippen LogP contribution in [-0.2, 0) is 11.5 Å². The minimum Gasteiger partial charge on any atom is -0.497 e. The summed E-state index contributed by atoms with van der Waals surface area (Å²) in [5, 5.41) is 13.1. The van der Waals surface area contributed by atoms with Crippen LogP contribution < -0.4 is 4.74 Å². The lowest BCUT2D eigenvalue weighted by molar-refractivity contribution is 0.391. The van der Waals surface area contributed by atoms with Crippen LogP contribution in [0.15, 0.2) is 61.7 Å². The molecule has 0 radical (unpaired) electrons. The summed E-state index contributed by atoms with van der Waals surface area (Å²) in [7, 11) is 1.66. The third-order valence-electron chi connectivity index (χ3n) is 3.78. The first-order chi connectivity index (χ1) is 14.2. The van der Waals surface area contributed by atoms with E-state index in [2.05, 4.69) is 32.5 Å². The molecule has 0 unspecified atom stereocenters. The molecule has 2 heterocycles. The highest BCUT2D eigenvalue weighted by atomic mass is 35.5. The lowest BCUT2D eigenvalue weighted by Crippen LogP contribution is -1.84. The smallest absolute Gasteiger partial charge is 0.237 e. The van der Waals surface area contributed by atoms with Crippen LogP contribution in [0.5, 0.6) is 5.75 Å². The number of benzene rings is 2. The van der Waals surface area contributed by atoms with E-state index < -0.39 is 0 Å². The highest BCUT2D eigenvalue weighted by molar-refractivity contribution is 8.02. The van der Waals surface area contributed by atoms with Crippen molar-refractivity contribution in [2.75, 3.05) is 7.11 Å². The van der Waals surface area contributed by atoms with Crippen molar-refractivity contribution in [1.29, 1.82) is 0 Å². The van der Waals surface area contributed by atoms with Gasteiger partial charge in [0.05, 0.1) is 12.9 Å². The Balaban J connectivity index is 1.30. The Hall–Kier alpha value is -2.07. The topological polar surface area (TPSA) is 73.9 Å². The monoisotopic (exact) mass is 462 g/mol. The molecule has 0 aliphatic carbocycles. The molecule has 2 aromatic heterocycles. The molecular formula is C19H15ClN4O2S3. The Morgan fingerprint density at radius 1 is 1.03 bits per heavy atom. The molecule has 0 amide bonds. The van der Waals surface area contributed by atoms with Gasteiger partial charge in [-0.15, -0.1) is 10.2 Å². The van der Waals surface area contributed by atoms with Crippen molar-refractivity contribution in [1.82, 2.24) is 20.3 Å². The lowest BCUT2D eigenvalue weighted by atomic mass is 10.2. The van der Waals surface area contributed by atoms with Gasteiger partial charge in [0.15, 0.2) is 8.68 Å². The number of halogens is 1. The van der Waals surface area contributed by atoms with Crippen LogP contribution in [-0.4, -0.2) is 27.4 Å². The zero-order chi connectivity index (χ0) is 20.1. The van der Waals surface area contributed by atoms with E-state index in [4.69, 9.17) is 20.9 Å². The van der Waals surface area contributed by atoms with E-state index in [1.165, 1.54) is 17.3 Å². The van der Waals surface area contributed by atoms with Gasteiger partial charge in [-0.2, -0.15) is 4.98 Å². The predicted molar refractivity (Wildman–Crippen MR) is 117 cm³/mol. The molecule has 0 aliphatic rings. The first-order valence-corrected chi connectivity index (χ1v) is 11.7. The first kappa shape index (κ1) is 20.2. The van der Waals surface area contributed by atoms with Gasteiger partial charge < -0.3 is 9.26 Å². The van der Waals surface area contributed by atoms with Crippen molar-refractivity contribution in [2.24, 2.45) is 0 Å². The maximum Gasteiger partial charge on any atom is 0.237 e. The number of ether oxygens (including phenoxy) is 1. The van der Waals surface area contributed by atoms with Crippen molar-refractivity contribution in [3.8, 4) is 17.1 Å². The van der Waals surface area contributed by atoms with Crippen LogP contribution in [0.1, 0.15) is 11.5 Å². The van der Waals surface area contributed by atoms with Gasteiger partial charge in [0, 0.05) is 16.3 Å². The minimum absolute atomic E-state index is 0.524. The normalized spacial score (nSPS) is 11.0. The van der Waals surface area contributed by atoms with Crippen molar-refractivity contribution in [3.05, 3.63) is 65.0 Å². The van der Waals surface area contributed by atoms with Gasteiger partial charge >= 0.3 is 0 Å². The molecule has 4 aromatic rings. The number of hydrogen-bond donors (Lipinski definition) is 0. The van der Waals surface area contributed by atoms with Gasteiger partial charge in [0.25, 0.3) is 0 Å². The van der Waals surface area contributed by atoms with Crippen LogP contribution >= 0.6 is 46.5 Å². The largest absolute Gasteiger partial charge is 0.497 e. The van der Waals surface area contributed by atoms with Crippen molar-refractivity contribution in [2.45, 2.75) is 20.2 Å². The van der Waals surface area contributed by atoms with Gasteiger partial charge in [-0.25, -0.2) is 0 Å². The molecule has 0 fully saturated rings. The van der Waals surface area contributed by atoms with Gasteiger partial charge in [-0.1, -0.05) is 75.9 Å². The van der Waals surface area contributed by atoms with Gasteiger partial charge in [0.2, 0.25) is 11.7 Å². The summed E-state index contributed by atoms with van der Waals surface area (Å²) in [6.45, 7) is 0. The van der Waals surface area contributed by atoms with Crippen LogP contribution in [0.2, 0.25) is 5.02 Å². The molecule has 0 saturated carbocycles. The summed E-state index contributed by atoms with van der Waals surface area (Å²) in [5.41, 5.74) is 2.03. The fraction of sp³-hybridized carbons (Fsp3) is 0.158. The van der Waals surface area contributed by atoms with E-state index in [0.717, 1.165) is 25.7 Å². The summed E-state index contributed by atoms with van der Waals surface area (Å²) in [5.74, 6) is 3.28. The van der Waals surface area contributed by atoms with Crippen LogP contribution in [0.25, 0.3) is 11.4 Å². The van der Waals surface area contributed by atoms with Crippen molar-refractivity contribution >= 4 is 46.5 Å². The van der Waals surface area contributed by atoms with E-state index in [9.17, 15) is 0 Å². The fourth-order valence-corrected chi connectivity index (χ4v) is 5.37. The number of aromatic nitrogens is 4. The molecule has 0 saturated heterocycles. The van der Waals surface area contributed by atoms with Crippen LogP contribution in [0, 0.1) is 0 Å². The summed E-state index contributed by atoms with van der Waals surface area (Å²) in [4.78, 5) is 4.42. The molecule has 148 valence electrons. The third-order valence-corrected chi connectivity index (χ3v) is 7.26. The van der Waals surface area contributed by atoms with Gasteiger partial charge in [0.1, 0.15) is 5.75 Å². The molecular weight excluding hydrogens is 448 g/mol. The zero-order valence-corrected chi connectivity index (χ0v) is 18.4. The minimum atomic E-state index is 0.524. The molecule has 0 aliphatic heterocycles. The fourth-order valence-electron chi connectivity index (χ4n) is 2.36. The Labute approximate surface area is 185 Å². The van der Waals surface area contributed by atoms with Gasteiger partial charge in [-0.05, 0) is 29.8 Å². The molecule has 29 heavy (non-hydrogen) atoms. The number of nitrogens with zero attached hydrogens (tertiary/aromatic N) is 4. The van der Waals surface area contributed by atoms with E-state index in [-0.39, 0.29) is 0 Å². The summed E-state index contributed by atoms with van der Waals surface area (Å²) in [6, 6.07) is 15.4. The SMILES string of the molecule is COc1ccc(CSc2nnc(SCc3nc(-c4cccc(Cl)c4)no3)s2)cc1. The summed E-state index contributed by atoms with van der Waals surface area (Å²) < 4.78 is 12.3. The Bertz CT molecular complexity index is 1090. The quantitative estimate of drug-likeness (QED) is 0.302. The standard InChI is InChI=1S/C19H15ClN4O2S3/c1-25-15-7-5-12(6-8-15)10-27-18-22-23-19(29-18)28-11-16-21-17(24-26-16)13-3-2-4-14(20)9-13/h2-9H,10-11H2,1H3. The maximum absolute atomic E-state index is 6.01. The average molecular weight is 463 g/mol. The molecule has 0 atom stereocenters. The second kappa shape index (κ2) is 9.62. The lowest BCUT2D eigenvalue weighted by Gasteiger charge is -2.01. The van der Waals surface area contributed by atoms with Crippen LogP contribution in [0.3, 0.4) is 0 Å². The molecule has 10 heteroatoms. The van der Waals surface area contributed by atoms with Crippen molar-refractivity contribution in [3.63, 3.8) is 0 Å². The highest BCUT2D eigenvalue weighted by Crippen LogP contribution is 2.32. The average Bonchev–Trinajstić information content (AvgIpc) is 3.41. The number of hydrogen-bond acceptors (Lipinski definition) is 9. The number of thioether (sulfide) groups is 2.